The Kier molecular flexibility index (Phi) is 4.71. The van der Waals surface area contributed by atoms with Crippen molar-refractivity contribution in [2.24, 2.45) is 4.99 Å². The smallest absolute Gasteiger partial charge is 0.120 e. The molecule has 4 nitrogen and oxygen atoms in total. The van der Waals surface area contributed by atoms with Crippen LogP contribution in [0.5, 0.6) is 0 Å². The largest absolute Gasteiger partial charge is 0.382 e. The molecule has 0 aliphatic carbocycles. The molecule has 0 aromatic carbocycles. The summed E-state index contributed by atoms with van der Waals surface area (Å²) in [4.78, 5) is 9.37. The zero-order chi connectivity index (χ0) is 8.65. The van der Waals surface area contributed by atoms with Gasteiger partial charge in [0.2, 0.25) is 0 Å². The Morgan fingerprint density at radius 3 is 3.00 bits per heavy atom. The van der Waals surface area contributed by atoms with Crippen molar-refractivity contribution in [3.8, 4) is 0 Å². The van der Waals surface area contributed by atoms with Crippen LogP contribution < -0.4 is 5.48 Å². The molecular weight excluding hydrogens is 156 g/mol. The van der Waals surface area contributed by atoms with Crippen molar-refractivity contribution < 1.29 is 9.57 Å². The van der Waals surface area contributed by atoms with Crippen LogP contribution in [0.25, 0.3) is 0 Å². The molecule has 0 aromatic heterocycles. The summed E-state index contributed by atoms with van der Waals surface area (Å²) in [5, 5.41) is 0. The number of aliphatic imine (C=N–C) groups is 1. The van der Waals surface area contributed by atoms with E-state index < -0.39 is 0 Å². The highest BCUT2D eigenvalue weighted by atomic mass is 16.7. The van der Waals surface area contributed by atoms with Crippen LogP contribution in [-0.4, -0.2) is 32.7 Å². The van der Waals surface area contributed by atoms with E-state index in [1.165, 1.54) is 12.8 Å². The van der Waals surface area contributed by atoms with Crippen molar-refractivity contribution in [1.82, 2.24) is 5.48 Å². The number of hydroxylamine groups is 1. The molecule has 1 aliphatic heterocycles. The number of methoxy groups -OCH3 is 1. The lowest BCUT2D eigenvalue weighted by atomic mass is 10.2. The van der Waals surface area contributed by atoms with Gasteiger partial charge in [0, 0.05) is 20.1 Å². The highest BCUT2D eigenvalue weighted by Gasteiger charge is 2.03. The zero-order valence-corrected chi connectivity index (χ0v) is 7.51. The predicted molar refractivity (Wildman–Crippen MR) is 47.1 cm³/mol. The van der Waals surface area contributed by atoms with Crippen molar-refractivity contribution in [2.75, 3.05) is 26.9 Å². The number of nitrogens with one attached hydrogen (secondary N) is 1. The van der Waals surface area contributed by atoms with Crippen LogP contribution in [0.3, 0.4) is 0 Å². The van der Waals surface area contributed by atoms with Crippen LogP contribution in [0.15, 0.2) is 4.99 Å². The number of ether oxygens (including phenoxy) is 1. The molecule has 0 amide bonds. The average molecular weight is 172 g/mol. The lowest BCUT2D eigenvalue weighted by molar-refractivity contribution is 0.0366. The Balaban J connectivity index is 2.01. The minimum atomic E-state index is 0.565. The van der Waals surface area contributed by atoms with Crippen molar-refractivity contribution >= 4 is 5.84 Å². The molecule has 0 fully saturated rings. The van der Waals surface area contributed by atoms with E-state index in [0.29, 0.717) is 13.2 Å². The van der Waals surface area contributed by atoms with Gasteiger partial charge < -0.3 is 4.74 Å². The highest BCUT2D eigenvalue weighted by molar-refractivity contribution is 5.81. The monoisotopic (exact) mass is 172 g/mol. The first-order valence-corrected chi connectivity index (χ1v) is 4.33. The van der Waals surface area contributed by atoms with Gasteiger partial charge in [0.05, 0.1) is 13.2 Å². The molecule has 1 N–H and O–H groups in total. The van der Waals surface area contributed by atoms with E-state index in [2.05, 4.69) is 10.5 Å². The molecule has 0 aromatic rings. The molecule has 1 rings (SSSR count). The van der Waals surface area contributed by atoms with E-state index in [1.54, 1.807) is 7.11 Å². The Labute approximate surface area is 72.9 Å². The molecular formula is C8H16N2O2. The van der Waals surface area contributed by atoms with Crippen LogP contribution in [0.1, 0.15) is 19.3 Å². The summed E-state index contributed by atoms with van der Waals surface area (Å²) in [5.41, 5.74) is 2.83. The van der Waals surface area contributed by atoms with E-state index in [4.69, 9.17) is 9.57 Å². The van der Waals surface area contributed by atoms with Gasteiger partial charge in [0.15, 0.2) is 0 Å². The van der Waals surface area contributed by atoms with Crippen LogP contribution in [0.2, 0.25) is 0 Å². The quantitative estimate of drug-likeness (QED) is 0.502. The van der Waals surface area contributed by atoms with E-state index in [0.717, 1.165) is 18.8 Å². The molecule has 70 valence electrons. The summed E-state index contributed by atoms with van der Waals surface area (Å²) < 4.78 is 4.83. The summed E-state index contributed by atoms with van der Waals surface area (Å²) in [7, 11) is 1.65. The van der Waals surface area contributed by atoms with Crippen LogP contribution >= 0.6 is 0 Å². The minimum absolute atomic E-state index is 0.565. The van der Waals surface area contributed by atoms with Crippen LogP contribution in [-0.2, 0) is 9.57 Å². The van der Waals surface area contributed by atoms with Gasteiger partial charge in [0.1, 0.15) is 5.84 Å². The van der Waals surface area contributed by atoms with Gasteiger partial charge in [-0.1, -0.05) is 0 Å². The summed E-state index contributed by atoms with van der Waals surface area (Å²) in [6.07, 6.45) is 3.41. The van der Waals surface area contributed by atoms with E-state index in [1.807, 2.05) is 0 Å². The molecule has 0 unspecified atom stereocenters. The standard InChI is InChI=1S/C8H16N2O2/c1-11-6-7-12-10-8-4-2-3-5-9-8/h2-7H2,1H3,(H,9,10). The molecule has 0 spiro atoms. The van der Waals surface area contributed by atoms with Gasteiger partial charge in [-0.3, -0.25) is 15.3 Å². The van der Waals surface area contributed by atoms with E-state index >= 15 is 0 Å². The second-order valence-electron chi connectivity index (χ2n) is 2.73. The molecule has 1 aliphatic rings. The van der Waals surface area contributed by atoms with Gasteiger partial charge in [-0.15, -0.1) is 0 Å². The number of hydrogen-bond acceptors (Lipinski definition) is 4. The first-order valence-electron chi connectivity index (χ1n) is 4.33. The number of hydrogen-bond donors (Lipinski definition) is 1. The maximum absolute atomic E-state index is 5.11. The topological polar surface area (TPSA) is 42.9 Å². The maximum Gasteiger partial charge on any atom is 0.120 e. The summed E-state index contributed by atoms with van der Waals surface area (Å²) in [6.45, 7) is 2.10. The summed E-state index contributed by atoms with van der Waals surface area (Å²) in [5.74, 6) is 0.970. The Morgan fingerprint density at radius 1 is 1.42 bits per heavy atom. The normalized spacial score (nSPS) is 17.2. The number of amidine groups is 1. The Morgan fingerprint density at radius 2 is 2.33 bits per heavy atom. The first-order chi connectivity index (χ1) is 5.93. The molecule has 1 heterocycles. The molecule has 0 atom stereocenters. The third-order valence-corrected chi connectivity index (χ3v) is 1.70. The Bertz CT molecular complexity index is 148. The van der Waals surface area contributed by atoms with Gasteiger partial charge in [-0.25, -0.2) is 0 Å². The number of rotatable bonds is 4. The predicted octanol–water partition coefficient (Wildman–Crippen LogP) is 0.736. The molecule has 12 heavy (non-hydrogen) atoms. The highest BCUT2D eigenvalue weighted by Crippen LogP contribution is 2.03. The van der Waals surface area contributed by atoms with Crippen LogP contribution in [0.4, 0.5) is 0 Å². The summed E-state index contributed by atoms with van der Waals surface area (Å²) in [6, 6.07) is 0. The average Bonchev–Trinajstić information content (AvgIpc) is 2.14. The SMILES string of the molecule is COCCONC1=NCCCC1. The molecule has 4 heteroatoms. The van der Waals surface area contributed by atoms with E-state index in [9.17, 15) is 0 Å². The zero-order valence-electron chi connectivity index (χ0n) is 7.51. The molecule has 0 saturated heterocycles. The fourth-order valence-electron chi connectivity index (χ4n) is 1.04. The van der Waals surface area contributed by atoms with Crippen molar-refractivity contribution in [2.45, 2.75) is 19.3 Å². The van der Waals surface area contributed by atoms with Crippen LogP contribution in [0, 0.1) is 0 Å². The van der Waals surface area contributed by atoms with Gasteiger partial charge in [-0.05, 0) is 12.8 Å². The third-order valence-electron chi connectivity index (χ3n) is 1.70. The fourth-order valence-corrected chi connectivity index (χ4v) is 1.04. The van der Waals surface area contributed by atoms with Crippen molar-refractivity contribution in [3.63, 3.8) is 0 Å². The maximum atomic E-state index is 5.11. The molecule has 0 bridgehead atoms. The lowest BCUT2D eigenvalue weighted by Gasteiger charge is -2.13. The lowest BCUT2D eigenvalue weighted by Crippen LogP contribution is -2.27. The fraction of sp³-hybridized carbons (Fsp3) is 0.875. The second-order valence-corrected chi connectivity index (χ2v) is 2.73. The number of nitrogens with zero attached hydrogens (tertiary/aromatic N) is 1. The first kappa shape index (κ1) is 9.48. The van der Waals surface area contributed by atoms with Crippen molar-refractivity contribution in [3.05, 3.63) is 0 Å². The second kappa shape index (κ2) is 5.97. The van der Waals surface area contributed by atoms with Crippen molar-refractivity contribution in [1.29, 1.82) is 0 Å². The van der Waals surface area contributed by atoms with Gasteiger partial charge in [-0.2, -0.15) is 0 Å². The molecule has 0 radical (unpaired) electrons. The third kappa shape index (κ3) is 3.69. The molecule has 0 saturated carbocycles. The Hall–Kier alpha value is -0.610. The summed E-state index contributed by atoms with van der Waals surface area (Å²) >= 11 is 0. The minimum Gasteiger partial charge on any atom is -0.382 e. The van der Waals surface area contributed by atoms with Gasteiger partial charge >= 0.3 is 0 Å². The van der Waals surface area contributed by atoms with Gasteiger partial charge in [0.25, 0.3) is 0 Å². The van der Waals surface area contributed by atoms with E-state index in [-0.39, 0.29) is 0 Å².